The number of nitrogens with one attached hydrogen (secondary N) is 1. The monoisotopic (exact) mass is 227 g/mol. The van der Waals surface area contributed by atoms with E-state index < -0.39 is 9.84 Å². The van der Waals surface area contributed by atoms with Crippen molar-refractivity contribution >= 4 is 15.5 Å². The first-order chi connectivity index (χ1) is 7.03. The van der Waals surface area contributed by atoms with Gasteiger partial charge in [0.15, 0.2) is 9.84 Å². The Balaban J connectivity index is 2.54. The fourth-order valence-corrected chi connectivity index (χ4v) is 2.44. The van der Waals surface area contributed by atoms with Crippen molar-refractivity contribution in [3.8, 4) is 0 Å². The minimum Gasteiger partial charge on any atom is -0.382 e. The molecule has 0 aliphatic rings. The maximum absolute atomic E-state index is 11.4. The van der Waals surface area contributed by atoms with Gasteiger partial charge in [-0.15, -0.1) is 0 Å². The Labute approximate surface area is 91.4 Å². The standard InChI is InChI=1S/C11H17NO2S/c1-3-15(13,14)9-10(2)12-11-7-5-4-6-8-11/h4-8,10,12H,3,9H2,1-2H3. The summed E-state index contributed by atoms with van der Waals surface area (Å²) in [6.45, 7) is 3.55. The second-order valence-electron chi connectivity index (χ2n) is 3.61. The Hall–Kier alpha value is -1.03. The third-order valence-electron chi connectivity index (χ3n) is 2.13. The molecule has 15 heavy (non-hydrogen) atoms. The largest absolute Gasteiger partial charge is 0.382 e. The van der Waals surface area contributed by atoms with Crippen molar-refractivity contribution in [1.29, 1.82) is 0 Å². The second-order valence-corrected chi connectivity index (χ2v) is 6.01. The number of hydrogen-bond acceptors (Lipinski definition) is 3. The zero-order valence-corrected chi connectivity index (χ0v) is 9.92. The van der Waals surface area contributed by atoms with Crippen LogP contribution in [0.3, 0.4) is 0 Å². The molecule has 1 atom stereocenters. The second kappa shape index (κ2) is 5.16. The zero-order chi connectivity index (χ0) is 11.3. The van der Waals surface area contributed by atoms with Crippen LogP contribution < -0.4 is 5.32 Å². The molecule has 0 heterocycles. The topological polar surface area (TPSA) is 46.2 Å². The van der Waals surface area contributed by atoms with E-state index in [9.17, 15) is 8.42 Å². The number of rotatable bonds is 5. The van der Waals surface area contributed by atoms with E-state index >= 15 is 0 Å². The third kappa shape index (κ3) is 4.34. The van der Waals surface area contributed by atoms with Gasteiger partial charge < -0.3 is 5.32 Å². The lowest BCUT2D eigenvalue weighted by Gasteiger charge is -2.14. The summed E-state index contributed by atoms with van der Waals surface area (Å²) in [5.74, 6) is 0.381. The highest BCUT2D eigenvalue weighted by Gasteiger charge is 2.12. The van der Waals surface area contributed by atoms with Crippen molar-refractivity contribution in [2.45, 2.75) is 19.9 Å². The van der Waals surface area contributed by atoms with Gasteiger partial charge in [-0.3, -0.25) is 0 Å². The summed E-state index contributed by atoms with van der Waals surface area (Å²) in [5.41, 5.74) is 0.955. The van der Waals surface area contributed by atoms with E-state index in [0.29, 0.717) is 0 Å². The summed E-state index contributed by atoms with van der Waals surface area (Å²) in [7, 11) is -2.90. The van der Waals surface area contributed by atoms with Crippen molar-refractivity contribution < 1.29 is 8.42 Å². The minimum absolute atomic E-state index is 0.0580. The first-order valence-electron chi connectivity index (χ1n) is 5.05. The van der Waals surface area contributed by atoms with Crippen LogP contribution in [0.1, 0.15) is 13.8 Å². The van der Waals surface area contributed by atoms with Crippen molar-refractivity contribution in [2.75, 3.05) is 16.8 Å². The highest BCUT2D eigenvalue weighted by molar-refractivity contribution is 7.91. The van der Waals surface area contributed by atoms with Crippen molar-refractivity contribution in [1.82, 2.24) is 0 Å². The Bertz CT molecular complexity index is 386. The van der Waals surface area contributed by atoms with Crippen LogP contribution >= 0.6 is 0 Å². The molecule has 0 amide bonds. The predicted octanol–water partition coefficient (Wildman–Crippen LogP) is 1.92. The Morgan fingerprint density at radius 3 is 2.40 bits per heavy atom. The van der Waals surface area contributed by atoms with Gasteiger partial charge in [-0.2, -0.15) is 0 Å². The van der Waals surface area contributed by atoms with Gasteiger partial charge in [0.25, 0.3) is 0 Å². The predicted molar refractivity (Wildman–Crippen MR) is 63.9 cm³/mol. The van der Waals surface area contributed by atoms with Gasteiger partial charge in [0, 0.05) is 17.5 Å². The molecule has 0 spiro atoms. The Morgan fingerprint density at radius 2 is 1.87 bits per heavy atom. The molecule has 1 aromatic rings. The van der Waals surface area contributed by atoms with Gasteiger partial charge in [0.2, 0.25) is 0 Å². The molecule has 4 heteroatoms. The Morgan fingerprint density at radius 1 is 1.27 bits per heavy atom. The summed E-state index contributed by atoms with van der Waals surface area (Å²) in [5, 5.41) is 3.15. The van der Waals surface area contributed by atoms with E-state index in [1.54, 1.807) is 6.92 Å². The van der Waals surface area contributed by atoms with Gasteiger partial charge in [-0.1, -0.05) is 25.1 Å². The average molecular weight is 227 g/mol. The molecule has 0 aliphatic heterocycles. The van der Waals surface area contributed by atoms with Crippen LogP contribution in [0.4, 0.5) is 5.69 Å². The number of benzene rings is 1. The molecule has 84 valence electrons. The lowest BCUT2D eigenvalue weighted by molar-refractivity contribution is 0.593. The van der Waals surface area contributed by atoms with Gasteiger partial charge in [-0.25, -0.2) is 8.42 Å². The smallest absolute Gasteiger partial charge is 0.152 e. The molecule has 3 nitrogen and oxygen atoms in total. The van der Waals surface area contributed by atoms with Gasteiger partial charge in [-0.05, 0) is 19.1 Å². The first-order valence-corrected chi connectivity index (χ1v) is 6.87. The van der Waals surface area contributed by atoms with Crippen LogP contribution in [-0.2, 0) is 9.84 Å². The van der Waals surface area contributed by atoms with E-state index in [-0.39, 0.29) is 17.5 Å². The molecule has 0 fully saturated rings. The maximum Gasteiger partial charge on any atom is 0.152 e. The highest BCUT2D eigenvalue weighted by atomic mass is 32.2. The minimum atomic E-state index is -2.90. The average Bonchev–Trinajstić information content (AvgIpc) is 2.18. The van der Waals surface area contributed by atoms with Crippen molar-refractivity contribution in [2.24, 2.45) is 0 Å². The highest BCUT2D eigenvalue weighted by Crippen LogP contribution is 2.08. The lowest BCUT2D eigenvalue weighted by atomic mass is 10.3. The molecule has 0 aromatic heterocycles. The lowest BCUT2D eigenvalue weighted by Crippen LogP contribution is -2.26. The summed E-state index contributed by atoms with van der Waals surface area (Å²) < 4.78 is 22.7. The summed E-state index contributed by atoms with van der Waals surface area (Å²) in [6, 6.07) is 9.56. The number of hydrogen-bond donors (Lipinski definition) is 1. The van der Waals surface area contributed by atoms with Gasteiger partial charge in [0.05, 0.1) is 5.75 Å². The maximum atomic E-state index is 11.4. The van der Waals surface area contributed by atoms with Crippen LogP contribution in [0, 0.1) is 0 Å². The van der Waals surface area contributed by atoms with E-state index in [2.05, 4.69) is 5.32 Å². The molecule has 0 bridgehead atoms. The molecule has 0 saturated carbocycles. The molecule has 1 rings (SSSR count). The summed E-state index contributed by atoms with van der Waals surface area (Å²) >= 11 is 0. The number of para-hydroxylation sites is 1. The van der Waals surface area contributed by atoms with Crippen LogP contribution in [0.2, 0.25) is 0 Å². The van der Waals surface area contributed by atoms with Gasteiger partial charge in [0.1, 0.15) is 0 Å². The molecule has 0 radical (unpaired) electrons. The molecule has 0 saturated heterocycles. The van der Waals surface area contributed by atoms with Crippen LogP contribution in [-0.4, -0.2) is 26.0 Å². The SMILES string of the molecule is CCS(=O)(=O)CC(C)Nc1ccccc1. The van der Waals surface area contributed by atoms with Crippen LogP contribution in [0.15, 0.2) is 30.3 Å². The summed E-state index contributed by atoms with van der Waals surface area (Å²) in [6.07, 6.45) is 0. The van der Waals surface area contributed by atoms with E-state index in [0.717, 1.165) is 5.69 Å². The van der Waals surface area contributed by atoms with E-state index in [1.807, 2.05) is 37.3 Å². The molecular formula is C11H17NO2S. The first kappa shape index (κ1) is 12.0. The quantitative estimate of drug-likeness (QED) is 0.836. The zero-order valence-electron chi connectivity index (χ0n) is 9.10. The van der Waals surface area contributed by atoms with E-state index in [1.165, 1.54) is 0 Å². The number of sulfone groups is 1. The number of anilines is 1. The molecule has 1 unspecified atom stereocenters. The normalized spacial score (nSPS) is 13.5. The van der Waals surface area contributed by atoms with Crippen molar-refractivity contribution in [3.05, 3.63) is 30.3 Å². The third-order valence-corrected chi connectivity index (χ3v) is 4.02. The summed E-state index contributed by atoms with van der Waals surface area (Å²) in [4.78, 5) is 0. The van der Waals surface area contributed by atoms with Crippen LogP contribution in [0.25, 0.3) is 0 Å². The molecule has 1 aromatic carbocycles. The molecule has 0 aliphatic carbocycles. The van der Waals surface area contributed by atoms with Crippen molar-refractivity contribution in [3.63, 3.8) is 0 Å². The van der Waals surface area contributed by atoms with Gasteiger partial charge >= 0.3 is 0 Å². The van der Waals surface area contributed by atoms with Crippen LogP contribution in [0.5, 0.6) is 0 Å². The molecule has 1 N–H and O–H groups in total. The van der Waals surface area contributed by atoms with E-state index in [4.69, 9.17) is 0 Å². The Kier molecular flexibility index (Phi) is 4.15. The molecular weight excluding hydrogens is 210 g/mol. The fourth-order valence-electron chi connectivity index (χ4n) is 1.36. The fraction of sp³-hybridized carbons (Fsp3) is 0.455.